The number of hydrogen-bond donors (Lipinski definition) is 0. The number of Topliss-reactive ketones (excluding diaryl/α,β-unsaturated/α-hetero) is 1. The van der Waals surface area contributed by atoms with Gasteiger partial charge in [0, 0.05) is 18.4 Å². The zero-order valence-electron chi connectivity index (χ0n) is 14.9. The zero-order valence-corrected chi connectivity index (χ0v) is 15.7. The molecule has 0 spiro atoms. The second-order valence-corrected chi connectivity index (χ2v) is 6.71. The third-order valence-electron chi connectivity index (χ3n) is 4.72. The predicted octanol–water partition coefficient (Wildman–Crippen LogP) is 5.26. The normalized spacial score (nSPS) is 18.5. The smallest absolute Gasteiger partial charge is 0.137 e. The summed E-state index contributed by atoms with van der Waals surface area (Å²) in [7, 11) is 4.11. The quantitative estimate of drug-likeness (QED) is 0.729. The van der Waals surface area contributed by atoms with Gasteiger partial charge in [-0.2, -0.15) is 0 Å². The molecule has 0 N–H and O–H groups in total. The van der Waals surface area contributed by atoms with Crippen molar-refractivity contribution in [2.24, 2.45) is 5.92 Å². The number of halogens is 1. The van der Waals surface area contributed by atoms with E-state index >= 15 is 0 Å². The summed E-state index contributed by atoms with van der Waals surface area (Å²) in [6, 6.07) is 18.0. The van der Waals surface area contributed by atoms with E-state index in [1.165, 1.54) is 0 Å². The van der Waals surface area contributed by atoms with Crippen LogP contribution < -0.4 is 4.74 Å². The topological polar surface area (TPSA) is 29.5 Å². The zero-order chi connectivity index (χ0) is 16.9. The predicted molar refractivity (Wildman–Crippen MR) is 104 cm³/mol. The Bertz CT molecular complexity index is 687. The van der Waals surface area contributed by atoms with Crippen molar-refractivity contribution < 1.29 is 9.53 Å². The van der Waals surface area contributed by atoms with E-state index < -0.39 is 0 Å². The molecule has 0 saturated heterocycles. The third kappa shape index (κ3) is 4.83. The molecule has 4 heteroatoms. The Labute approximate surface area is 156 Å². The molecule has 2 unspecified atom stereocenters. The number of para-hydroxylation sites is 1. The van der Waals surface area contributed by atoms with Crippen LogP contribution in [-0.4, -0.2) is 24.8 Å². The fraction of sp³-hybridized carbons (Fsp3) is 0.381. The van der Waals surface area contributed by atoms with Crippen LogP contribution in [0.3, 0.4) is 0 Å². The summed E-state index contributed by atoms with van der Waals surface area (Å²) >= 11 is 0. The van der Waals surface area contributed by atoms with Gasteiger partial charge in [-0.05, 0) is 56.8 Å². The van der Waals surface area contributed by atoms with E-state index in [2.05, 4.69) is 31.1 Å². The van der Waals surface area contributed by atoms with Crippen molar-refractivity contribution >= 4 is 18.2 Å². The van der Waals surface area contributed by atoms with Gasteiger partial charge < -0.3 is 9.64 Å². The van der Waals surface area contributed by atoms with Crippen LogP contribution in [0, 0.1) is 5.92 Å². The molecule has 134 valence electrons. The van der Waals surface area contributed by atoms with Crippen molar-refractivity contribution in [3.05, 3.63) is 60.2 Å². The Morgan fingerprint density at radius 2 is 1.72 bits per heavy atom. The highest BCUT2D eigenvalue weighted by Crippen LogP contribution is 2.36. The first-order chi connectivity index (χ1) is 11.6. The van der Waals surface area contributed by atoms with Crippen LogP contribution in [0.15, 0.2) is 54.6 Å². The Balaban J connectivity index is 0.00000225. The lowest BCUT2D eigenvalue weighted by Gasteiger charge is -2.34. The summed E-state index contributed by atoms with van der Waals surface area (Å²) in [5.41, 5.74) is 1.15. The number of carbonyl (C=O) groups is 1. The monoisotopic (exact) mass is 359 g/mol. The fourth-order valence-electron chi connectivity index (χ4n) is 3.62. The van der Waals surface area contributed by atoms with E-state index in [9.17, 15) is 4.79 Å². The summed E-state index contributed by atoms with van der Waals surface area (Å²) in [4.78, 5) is 14.6. The van der Waals surface area contributed by atoms with Crippen LogP contribution in [0.5, 0.6) is 11.5 Å². The van der Waals surface area contributed by atoms with Gasteiger partial charge in [-0.25, -0.2) is 0 Å². The average Bonchev–Trinajstić information content (AvgIpc) is 2.58. The van der Waals surface area contributed by atoms with Crippen molar-refractivity contribution in [3.8, 4) is 11.5 Å². The van der Waals surface area contributed by atoms with Gasteiger partial charge in [0.15, 0.2) is 0 Å². The van der Waals surface area contributed by atoms with E-state index in [1.54, 1.807) is 0 Å². The molecule has 1 aliphatic rings. The lowest BCUT2D eigenvalue weighted by atomic mass is 9.79. The molecule has 0 amide bonds. The molecule has 2 aromatic rings. The molecular weight excluding hydrogens is 334 g/mol. The Kier molecular flexibility index (Phi) is 7.03. The van der Waals surface area contributed by atoms with Crippen LogP contribution in [0.2, 0.25) is 0 Å². The summed E-state index contributed by atoms with van der Waals surface area (Å²) in [6.07, 6.45) is 3.87. The lowest BCUT2D eigenvalue weighted by molar-refractivity contribution is -0.126. The van der Waals surface area contributed by atoms with Crippen molar-refractivity contribution in [2.75, 3.05) is 14.1 Å². The third-order valence-corrected chi connectivity index (χ3v) is 4.72. The maximum absolute atomic E-state index is 12.4. The first-order valence-electron chi connectivity index (χ1n) is 8.67. The molecule has 0 aromatic heterocycles. The molecule has 3 rings (SSSR count). The lowest BCUT2D eigenvalue weighted by Crippen LogP contribution is -2.34. The highest BCUT2D eigenvalue weighted by Gasteiger charge is 2.32. The van der Waals surface area contributed by atoms with E-state index in [1.807, 2.05) is 42.5 Å². The maximum Gasteiger partial charge on any atom is 0.137 e. The molecule has 0 bridgehead atoms. The number of ether oxygens (including phenoxy) is 1. The summed E-state index contributed by atoms with van der Waals surface area (Å²) in [5.74, 6) is 2.12. The standard InChI is InChI=1S/C21H25NO2.ClH/c1-22(2)21(19-13-6-7-14-20(19)23)16-9-8-12-18(15-16)24-17-10-4-3-5-11-17;/h3-5,8-12,15,19,21H,6-7,13-14H2,1-2H3;1H. The van der Waals surface area contributed by atoms with Gasteiger partial charge in [-0.3, -0.25) is 4.79 Å². The molecule has 25 heavy (non-hydrogen) atoms. The first kappa shape index (κ1) is 19.5. The number of benzene rings is 2. The highest BCUT2D eigenvalue weighted by atomic mass is 35.5. The summed E-state index contributed by atoms with van der Waals surface area (Å²) in [6.45, 7) is 0. The van der Waals surface area contributed by atoms with Crippen LogP contribution in [0.25, 0.3) is 0 Å². The molecule has 0 heterocycles. The Morgan fingerprint density at radius 3 is 2.40 bits per heavy atom. The van der Waals surface area contributed by atoms with Crippen molar-refractivity contribution in [1.82, 2.24) is 4.90 Å². The number of rotatable bonds is 5. The first-order valence-corrected chi connectivity index (χ1v) is 8.67. The minimum atomic E-state index is 0. The van der Waals surface area contributed by atoms with E-state index in [0.29, 0.717) is 5.78 Å². The average molecular weight is 360 g/mol. The minimum absolute atomic E-state index is 0. The molecule has 2 atom stereocenters. The molecule has 0 radical (unpaired) electrons. The summed E-state index contributed by atoms with van der Waals surface area (Å²) < 4.78 is 5.96. The van der Waals surface area contributed by atoms with Gasteiger partial charge in [0.1, 0.15) is 17.3 Å². The van der Waals surface area contributed by atoms with Crippen molar-refractivity contribution in [2.45, 2.75) is 31.7 Å². The molecule has 1 fully saturated rings. The van der Waals surface area contributed by atoms with E-state index in [-0.39, 0.29) is 24.4 Å². The molecule has 1 aliphatic carbocycles. The van der Waals surface area contributed by atoms with Gasteiger partial charge in [-0.15, -0.1) is 12.4 Å². The van der Waals surface area contributed by atoms with Crippen LogP contribution in [-0.2, 0) is 4.79 Å². The summed E-state index contributed by atoms with van der Waals surface area (Å²) in [5, 5.41) is 0. The van der Waals surface area contributed by atoms with E-state index in [0.717, 1.165) is 42.7 Å². The Hall–Kier alpha value is -1.84. The Morgan fingerprint density at radius 1 is 1.00 bits per heavy atom. The van der Waals surface area contributed by atoms with E-state index in [4.69, 9.17) is 4.74 Å². The van der Waals surface area contributed by atoms with Crippen LogP contribution in [0.4, 0.5) is 0 Å². The second kappa shape index (κ2) is 9.02. The van der Waals surface area contributed by atoms with Crippen LogP contribution >= 0.6 is 12.4 Å². The van der Waals surface area contributed by atoms with Gasteiger partial charge in [-0.1, -0.05) is 36.8 Å². The number of ketones is 1. The molecular formula is C21H26ClNO2. The molecule has 1 saturated carbocycles. The van der Waals surface area contributed by atoms with Gasteiger partial charge in [0.2, 0.25) is 0 Å². The van der Waals surface area contributed by atoms with Crippen LogP contribution in [0.1, 0.15) is 37.3 Å². The number of nitrogens with zero attached hydrogens (tertiary/aromatic N) is 1. The minimum Gasteiger partial charge on any atom is -0.457 e. The molecule has 3 nitrogen and oxygen atoms in total. The second-order valence-electron chi connectivity index (χ2n) is 6.71. The van der Waals surface area contributed by atoms with Crippen molar-refractivity contribution in [3.63, 3.8) is 0 Å². The van der Waals surface area contributed by atoms with Crippen molar-refractivity contribution in [1.29, 1.82) is 0 Å². The van der Waals surface area contributed by atoms with Gasteiger partial charge in [0.25, 0.3) is 0 Å². The SMILES string of the molecule is CN(C)C(c1cccc(Oc2ccccc2)c1)C1CCCCC1=O.Cl. The molecule has 2 aromatic carbocycles. The number of hydrogen-bond acceptors (Lipinski definition) is 3. The highest BCUT2D eigenvalue weighted by molar-refractivity contribution is 5.85. The largest absolute Gasteiger partial charge is 0.457 e. The van der Waals surface area contributed by atoms with Gasteiger partial charge >= 0.3 is 0 Å². The van der Waals surface area contributed by atoms with Gasteiger partial charge in [0.05, 0.1) is 0 Å². The molecule has 0 aliphatic heterocycles. The maximum atomic E-state index is 12.4. The number of carbonyl (C=O) groups excluding carboxylic acids is 1. The fourth-order valence-corrected chi connectivity index (χ4v) is 3.62.